The molecule has 0 unspecified atom stereocenters. The highest BCUT2D eigenvalue weighted by Gasteiger charge is 2.33. The normalized spacial score (nSPS) is 14.0. The number of nitrogens with one attached hydrogen (secondary N) is 2. The van der Waals surface area contributed by atoms with Gasteiger partial charge in [-0.25, -0.2) is 9.78 Å². The third-order valence-electron chi connectivity index (χ3n) is 8.12. The minimum absolute atomic E-state index is 0.0929. The molecule has 3 heterocycles. The van der Waals surface area contributed by atoms with E-state index in [1.165, 1.54) is 4.57 Å². The Labute approximate surface area is 285 Å². The number of halogens is 3. The van der Waals surface area contributed by atoms with Crippen molar-refractivity contribution in [2.45, 2.75) is 71.2 Å². The van der Waals surface area contributed by atoms with Crippen LogP contribution in [0, 0.1) is 0 Å². The third-order valence-corrected chi connectivity index (χ3v) is 8.12. The van der Waals surface area contributed by atoms with E-state index in [4.69, 9.17) is 14.8 Å². The van der Waals surface area contributed by atoms with Crippen LogP contribution in [-0.2, 0) is 33.5 Å². The van der Waals surface area contributed by atoms with Crippen molar-refractivity contribution in [1.29, 1.82) is 0 Å². The molecule has 3 amide bonds. The average Bonchev–Trinajstić information content (AvgIpc) is 3.42. The van der Waals surface area contributed by atoms with Crippen LogP contribution in [0.25, 0.3) is 16.9 Å². The number of rotatable bonds is 8. The standard InChI is InChI=1S/C35H38F3N7O5/c1-6-25-29(24-10-8-9-11-26(24)40-27(46)7-2)31(48)45-32(41-25)44(20-28(47)39-23-14-12-22(13-15-23)35(36,37)38)30(42-45)21-16-18-43(19-17-21)33(49)50-34(3,4)5/h7-15,21H,2,6,16-20H2,1,3-5H3,(H,39,47)(H,40,46). The first-order valence-electron chi connectivity index (χ1n) is 16.1. The number of para-hydroxylation sites is 1. The molecule has 1 aliphatic heterocycles. The lowest BCUT2D eigenvalue weighted by atomic mass is 9.96. The zero-order chi connectivity index (χ0) is 36.4. The molecular weight excluding hydrogens is 655 g/mol. The second-order valence-corrected chi connectivity index (χ2v) is 12.9. The molecule has 50 heavy (non-hydrogen) atoms. The topological polar surface area (TPSA) is 140 Å². The predicted octanol–water partition coefficient (Wildman–Crippen LogP) is 6.02. The summed E-state index contributed by atoms with van der Waals surface area (Å²) >= 11 is 0. The zero-order valence-electron chi connectivity index (χ0n) is 28.1. The van der Waals surface area contributed by atoms with E-state index < -0.39 is 40.8 Å². The number of aryl methyl sites for hydroxylation is 1. The van der Waals surface area contributed by atoms with Crippen molar-refractivity contribution in [3.63, 3.8) is 0 Å². The van der Waals surface area contributed by atoms with E-state index in [-0.39, 0.29) is 29.5 Å². The summed E-state index contributed by atoms with van der Waals surface area (Å²) in [4.78, 5) is 59.0. The highest BCUT2D eigenvalue weighted by molar-refractivity contribution is 6.01. The molecule has 1 fully saturated rings. The van der Waals surface area contributed by atoms with E-state index in [2.05, 4.69) is 17.2 Å². The van der Waals surface area contributed by atoms with E-state index in [0.717, 1.165) is 34.9 Å². The van der Waals surface area contributed by atoms with Crippen molar-refractivity contribution in [2.24, 2.45) is 0 Å². The fourth-order valence-corrected chi connectivity index (χ4v) is 5.78. The van der Waals surface area contributed by atoms with Gasteiger partial charge in [0, 0.05) is 35.9 Å². The highest BCUT2D eigenvalue weighted by atomic mass is 19.4. The Bertz CT molecular complexity index is 1990. The number of carbonyl (C=O) groups excluding carboxylic acids is 3. The van der Waals surface area contributed by atoms with Crippen LogP contribution in [0.4, 0.5) is 29.3 Å². The van der Waals surface area contributed by atoms with Gasteiger partial charge in [-0.3, -0.25) is 19.0 Å². The SMILES string of the molecule is C=CC(=O)Nc1ccccc1-c1c(CC)nc2n(CC(=O)Nc3ccc(C(F)(F)F)cc3)c(C3CCN(C(=O)OC(C)(C)C)CC3)nn2c1=O. The van der Waals surface area contributed by atoms with E-state index >= 15 is 0 Å². The van der Waals surface area contributed by atoms with E-state index in [0.29, 0.717) is 55.1 Å². The third kappa shape index (κ3) is 7.87. The number of fused-ring (bicyclic) bond motifs is 1. The Balaban J connectivity index is 1.56. The average molecular weight is 694 g/mol. The quantitative estimate of drug-likeness (QED) is 0.215. The van der Waals surface area contributed by atoms with Gasteiger partial charge in [0.25, 0.3) is 5.56 Å². The number of carbonyl (C=O) groups is 3. The number of amides is 3. The molecule has 2 aromatic carbocycles. The molecule has 5 rings (SSSR count). The maximum Gasteiger partial charge on any atom is 0.416 e. The second-order valence-electron chi connectivity index (χ2n) is 12.9. The Kier molecular flexibility index (Phi) is 10.2. The molecule has 2 N–H and O–H groups in total. The largest absolute Gasteiger partial charge is 0.444 e. The van der Waals surface area contributed by atoms with Gasteiger partial charge in [0.2, 0.25) is 17.6 Å². The first-order valence-corrected chi connectivity index (χ1v) is 16.1. The summed E-state index contributed by atoms with van der Waals surface area (Å²) in [7, 11) is 0. The summed E-state index contributed by atoms with van der Waals surface area (Å²) in [5, 5.41) is 10.0. The molecule has 0 aliphatic carbocycles. The van der Waals surface area contributed by atoms with Crippen LogP contribution in [0.3, 0.4) is 0 Å². The predicted molar refractivity (Wildman–Crippen MR) is 181 cm³/mol. The number of likely N-dealkylation sites (tertiary alicyclic amines) is 1. The van der Waals surface area contributed by atoms with Crippen LogP contribution in [0.1, 0.15) is 63.5 Å². The van der Waals surface area contributed by atoms with E-state index in [1.807, 2.05) is 6.92 Å². The highest BCUT2D eigenvalue weighted by Crippen LogP contribution is 2.32. The van der Waals surface area contributed by atoms with Crippen molar-refractivity contribution >= 4 is 35.1 Å². The van der Waals surface area contributed by atoms with Gasteiger partial charge in [-0.15, -0.1) is 5.10 Å². The minimum Gasteiger partial charge on any atom is -0.444 e. The van der Waals surface area contributed by atoms with Gasteiger partial charge in [-0.1, -0.05) is 31.7 Å². The van der Waals surface area contributed by atoms with Crippen molar-refractivity contribution < 1.29 is 32.3 Å². The molecule has 1 aliphatic rings. The van der Waals surface area contributed by atoms with E-state index in [1.54, 1.807) is 49.9 Å². The number of benzene rings is 2. The molecule has 1 saturated heterocycles. The van der Waals surface area contributed by atoms with Crippen LogP contribution < -0.4 is 16.2 Å². The lowest BCUT2D eigenvalue weighted by Crippen LogP contribution is -2.41. The lowest BCUT2D eigenvalue weighted by molar-refractivity contribution is -0.137. The number of ether oxygens (including phenoxy) is 1. The molecule has 15 heteroatoms. The number of hydrogen-bond donors (Lipinski definition) is 2. The molecule has 264 valence electrons. The summed E-state index contributed by atoms with van der Waals surface area (Å²) in [5.41, 5.74) is -0.490. The van der Waals surface area contributed by atoms with Gasteiger partial charge in [-0.05, 0) is 76.4 Å². The van der Waals surface area contributed by atoms with Crippen molar-refractivity contribution in [2.75, 3.05) is 23.7 Å². The van der Waals surface area contributed by atoms with Crippen LogP contribution in [-0.4, -0.2) is 60.7 Å². The van der Waals surface area contributed by atoms with Gasteiger partial charge in [-0.2, -0.15) is 17.7 Å². The Morgan fingerprint density at radius 3 is 2.28 bits per heavy atom. The number of piperidine rings is 1. The van der Waals surface area contributed by atoms with Crippen LogP contribution in [0.15, 0.2) is 66.0 Å². The number of nitrogens with zero attached hydrogens (tertiary/aromatic N) is 5. The summed E-state index contributed by atoms with van der Waals surface area (Å²) in [5.74, 6) is -0.857. The molecule has 12 nitrogen and oxygen atoms in total. The molecule has 0 bridgehead atoms. The molecule has 0 atom stereocenters. The first-order chi connectivity index (χ1) is 23.6. The molecular formula is C35H38F3N7O5. The summed E-state index contributed by atoms with van der Waals surface area (Å²) in [6.07, 6.45) is -2.65. The van der Waals surface area contributed by atoms with E-state index in [9.17, 15) is 32.3 Å². The maximum atomic E-state index is 14.3. The van der Waals surface area contributed by atoms with Gasteiger partial charge < -0.3 is 20.3 Å². The monoisotopic (exact) mass is 693 g/mol. The fourth-order valence-electron chi connectivity index (χ4n) is 5.78. The Morgan fingerprint density at radius 2 is 1.68 bits per heavy atom. The van der Waals surface area contributed by atoms with Gasteiger partial charge in [0.1, 0.15) is 18.0 Å². The molecule has 2 aromatic heterocycles. The van der Waals surface area contributed by atoms with Crippen LogP contribution in [0.5, 0.6) is 0 Å². The molecule has 0 spiro atoms. The number of anilines is 2. The van der Waals surface area contributed by atoms with Crippen LogP contribution in [0.2, 0.25) is 0 Å². The fraction of sp³-hybridized carbons (Fsp3) is 0.371. The van der Waals surface area contributed by atoms with Gasteiger partial charge in [0.05, 0.1) is 16.8 Å². The smallest absolute Gasteiger partial charge is 0.416 e. The Morgan fingerprint density at radius 1 is 1.02 bits per heavy atom. The van der Waals surface area contributed by atoms with Crippen molar-refractivity contribution in [3.8, 4) is 11.1 Å². The molecule has 0 saturated carbocycles. The van der Waals surface area contributed by atoms with Crippen LogP contribution >= 0.6 is 0 Å². The summed E-state index contributed by atoms with van der Waals surface area (Å²) < 4.78 is 47.4. The van der Waals surface area contributed by atoms with Gasteiger partial charge >= 0.3 is 12.3 Å². The minimum atomic E-state index is -4.53. The Hall–Kier alpha value is -5.47. The van der Waals surface area contributed by atoms with Gasteiger partial charge in [0.15, 0.2) is 0 Å². The van der Waals surface area contributed by atoms with Crippen molar-refractivity contribution in [3.05, 3.63) is 88.6 Å². The number of hydrogen-bond acceptors (Lipinski definition) is 7. The first kappa shape index (κ1) is 35.8. The molecule has 4 aromatic rings. The zero-order valence-corrected chi connectivity index (χ0v) is 28.1. The summed E-state index contributed by atoms with van der Waals surface area (Å²) in [6.45, 7) is 11.0. The second kappa shape index (κ2) is 14.2. The maximum absolute atomic E-state index is 14.3. The molecule has 0 radical (unpaired) electrons. The summed E-state index contributed by atoms with van der Waals surface area (Å²) in [6, 6.07) is 10.8. The lowest BCUT2D eigenvalue weighted by Gasteiger charge is -2.33. The van der Waals surface area contributed by atoms with Crippen molar-refractivity contribution in [1.82, 2.24) is 24.1 Å². The number of alkyl halides is 3. The number of aromatic nitrogens is 4.